The minimum absolute atomic E-state index is 0.0996. The van der Waals surface area contributed by atoms with Crippen LogP contribution >= 0.6 is 15.9 Å². The average Bonchev–Trinajstić information content (AvgIpc) is 2.69. The molecule has 3 rings (SSSR count). The van der Waals surface area contributed by atoms with Crippen LogP contribution < -0.4 is 10.6 Å². The summed E-state index contributed by atoms with van der Waals surface area (Å²) in [6.45, 7) is 6.98. The standard InChI is InChI=1S/C23H31BrN4O/c1-15(2)18-10-9-17(20(24)14-18)11-12-25-23-26-16(3)13-21(28-23)22(29)27-19-7-5-4-6-8-19/h9-10,13-15,19H,4-8,11-12H2,1-3H3,(H,27,29)(H,25,26,28). The van der Waals surface area contributed by atoms with Crippen LogP contribution in [-0.2, 0) is 6.42 Å². The van der Waals surface area contributed by atoms with E-state index in [1.807, 2.05) is 6.92 Å². The second kappa shape index (κ2) is 10.2. The van der Waals surface area contributed by atoms with Crippen molar-refractivity contribution in [3.05, 3.63) is 51.3 Å². The van der Waals surface area contributed by atoms with Crippen molar-refractivity contribution >= 4 is 27.8 Å². The number of hydrogen-bond acceptors (Lipinski definition) is 4. The maximum Gasteiger partial charge on any atom is 0.270 e. The van der Waals surface area contributed by atoms with E-state index in [9.17, 15) is 4.79 Å². The molecule has 1 fully saturated rings. The Kier molecular flexibility index (Phi) is 7.64. The number of carbonyl (C=O) groups is 1. The molecule has 1 amide bonds. The average molecular weight is 459 g/mol. The second-order valence-electron chi connectivity index (χ2n) is 8.21. The molecule has 1 aliphatic rings. The van der Waals surface area contributed by atoms with Gasteiger partial charge in [0.15, 0.2) is 0 Å². The summed E-state index contributed by atoms with van der Waals surface area (Å²) >= 11 is 3.68. The monoisotopic (exact) mass is 458 g/mol. The Balaban J connectivity index is 1.59. The molecular formula is C23H31BrN4O. The number of amides is 1. The highest BCUT2D eigenvalue weighted by atomic mass is 79.9. The molecule has 1 heterocycles. The largest absolute Gasteiger partial charge is 0.354 e. The number of benzene rings is 1. The van der Waals surface area contributed by atoms with E-state index >= 15 is 0 Å². The topological polar surface area (TPSA) is 66.9 Å². The van der Waals surface area contributed by atoms with Gasteiger partial charge in [0, 0.05) is 22.8 Å². The van der Waals surface area contributed by atoms with Crippen LogP contribution in [-0.4, -0.2) is 28.5 Å². The molecule has 0 atom stereocenters. The van der Waals surface area contributed by atoms with Crippen molar-refractivity contribution < 1.29 is 4.79 Å². The Morgan fingerprint density at radius 2 is 1.93 bits per heavy atom. The van der Waals surface area contributed by atoms with Crippen LogP contribution in [0.2, 0.25) is 0 Å². The highest BCUT2D eigenvalue weighted by Crippen LogP contribution is 2.24. The number of hydrogen-bond donors (Lipinski definition) is 2. The van der Waals surface area contributed by atoms with Crippen molar-refractivity contribution in [2.45, 2.75) is 71.3 Å². The maximum absolute atomic E-state index is 12.6. The fourth-order valence-corrected chi connectivity index (χ4v) is 4.30. The summed E-state index contributed by atoms with van der Waals surface area (Å²) in [5.74, 6) is 0.920. The van der Waals surface area contributed by atoms with Crippen LogP contribution in [0.3, 0.4) is 0 Å². The van der Waals surface area contributed by atoms with E-state index in [0.717, 1.165) is 29.4 Å². The lowest BCUT2D eigenvalue weighted by Crippen LogP contribution is -2.36. The van der Waals surface area contributed by atoms with Crippen molar-refractivity contribution in [2.75, 3.05) is 11.9 Å². The summed E-state index contributed by atoms with van der Waals surface area (Å²) in [5, 5.41) is 6.40. The molecule has 1 saturated carbocycles. The number of carbonyl (C=O) groups excluding carboxylic acids is 1. The lowest BCUT2D eigenvalue weighted by atomic mass is 9.95. The van der Waals surface area contributed by atoms with Gasteiger partial charge in [-0.3, -0.25) is 4.79 Å². The predicted octanol–water partition coefficient (Wildman–Crippen LogP) is 5.39. The third-order valence-corrected chi connectivity index (χ3v) is 6.19. The Bertz CT molecular complexity index is 847. The fourth-order valence-electron chi connectivity index (χ4n) is 3.70. The van der Waals surface area contributed by atoms with Gasteiger partial charge in [-0.05, 0) is 55.4 Å². The van der Waals surface area contributed by atoms with E-state index in [1.165, 1.54) is 30.4 Å². The number of nitrogens with one attached hydrogen (secondary N) is 2. The van der Waals surface area contributed by atoms with E-state index in [-0.39, 0.29) is 11.9 Å². The molecule has 0 bridgehead atoms. The number of anilines is 1. The second-order valence-corrected chi connectivity index (χ2v) is 9.06. The lowest BCUT2D eigenvalue weighted by molar-refractivity contribution is 0.0922. The van der Waals surface area contributed by atoms with E-state index in [4.69, 9.17) is 0 Å². The van der Waals surface area contributed by atoms with Gasteiger partial charge in [0.1, 0.15) is 5.69 Å². The molecule has 0 aliphatic heterocycles. The summed E-state index contributed by atoms with van der Waals surface area (Å²) in [5.41, 5.74) is 3.79. The first-order valence-corrected chi connectivity index (χ1v) is 11.4. The normalized spacial score (nSPS) is 14.8. The third-order valence-electron chi connectivity index (χ3n) is 5.45. The molecule has 1 aromatic heterocycles. The van der Waals surface area contributed by atoms with Gasteiger partial charge in [0.2, 0.25) is 5.95 Å². The summed E-state index contributed by atoms with van der Waals surface area (Å²) in [4.78, 5) is 21.5. The molecule has 2 aromatic rings. The Morgan fingerprint density at radius 3 is 2.62 bits per heavy atom. The zero-order valence-electron chi connectivity index (χ0n) is 17.6. The van der Waals surface area contributed by atoms with Crippen LogP contribution in [0.1, 0.15) is 79.2 Å². The summed E-state index contributed by atoms with van der Waals surface area (Å²) in [6, 6.07) is 8.57. The Labute approximate surface area is 182 Å². The lowest BCUT2D eigenvalue weighted by Gasteiger charge is -2.22. The van der Waals surface area contributed by atoms with Crippen LogP contribution in [0, 0.1) is 6.92 Å². The van der Waals surface area contributed by atoms with Gasteiger partial charge in [-0.2, -0.15) is 0 Å². The molecule has 6 heteroatoms. The van der Waals surface area contributed by atoms with Gasteiger partial charge < -0.3 is 10.6 Å². The SMILES string of the molecule is Cc1cc(C(=O)NC2CCCCC2)nc(NCCc2ccc(C(C)C)cc2Br)n1. The van der Waals surface area contributed by atoms with Crippen LogP contribution in [0.4, 0.5) is 5.95 Å². The molecule has 0 unspecified atom stereocenters. The first-order chi connectivity index (χ1) is 13.9. The number of nitrogens with zero attached hydrogens (tertiary/aromatic N) is 2. The third kappa shape index (κ3) is 6.26. The molecule has 0 radical (unpaired) electrons. The Morgan fingerprint density at radius 1 is 1.17 bits per heavy atom. The number of rotatable bonds is 7. The first-order valence-electron chi connectivity index (χ1n) is 10.6. The highest BCUT2D eigenvalue weighted by Gasteiger charge is 2.18. The molecule has 1 aliphatic carbocycles. The van der Waals surface area contributed by atoms with Crippen molar-refractivity contribution in [1.82, 2.24) is 15.3 Å². The quantitative estimate of drug-likeness (QED) is 0.583. The molecule has 0 saturated heterocycles. The van der Waals surface area contributed by atoms with Gasteiger partial charge in [0.25, 0.3) is 5.91 Å². The van der Waals surface area contributed by atoms with Crippen molar-refractivity contribution in [1.29, 1.82) is 0 Å². The minimum Gasteiger partial charge on any atom is -0.354 e. The van der Waals surface area contributed by atoms with Gasteiger partial charge in [0.05, 0.1) is 0 Å². The van der Waals surface area contributed by atoms with E-state index in [1.54, 1.807) is 6.07 Å². The van der Waals surface area contributed by atoms with Gasteiger partial charge in [-0.1, -0.05) is 61.2 Å². The molecule has 2 N–H and O–H groups in total. The summed E-state index contributed by atoms with van der Waals surface area (Å²) in [7, 11) is 0. The molecule has 1 aromatic carbocycles. The highest BCUT2D eigenvalue weighted by molar-refractivity contribution is 9.10. The number of aryl methyl sites for hydroxylation is 1. The zero-order valence-corrected chi connectivity index (χ0v) is 19.2. The summed E-state index contributed by atoms with van der Waals surface area (Å²) < 4.78 is 1.13. The van der Waals surface area contributed by atoms with Crippen molar-refractivity contribution in [3.8, 4) is 0 Å². The molecule has 5 nitrogen and oxygen atoms in total. The van der Waals surface area contributed by atoms with E-state index in [2.05, 4.69) is 68.6 Å². The van der Waals surface area contributed by atoms with Gasteiger partial charge >= 0.3 is 0 Å². The smallest absolute Gasteiger partial charge is 0.270 e. The first kappa shape index (κ1) is 21.8. The van der Waals surface area contributed by atoms with Crippen molar-refractivity contribution in [2.24, 2.45) is 0 Å². The van der Waals surface area contributed by atoms with Crippen LogP contribution in [0.15, 0.2) is 28.7 Å². The van der Waals surface area contributed by atoms with Gasteiger partial charge in [-0.25, -0.2) is 9.97 Å². The zero-order chi connectivity index (χ0) is 20.8. The number of halogens is 1. The van der Waals surface area contributed by atoms with E-state index < -0.39 is 0 Å². The Hall–Kier alpha value is -1.95. The molecule has 0 spiro atoms. The predicted molar refractivity (Wildman–Crippen MR) is 122 cm³/mol. The maximum atomic E-state index is 12.6. The van der Waals surface area contributed by atoms with Crippen molar-refractivity contribution in [3.63, 3.8) is 0 Å². The van der Waals surface area contributed by atoms with E-state index in [0.29, 0.717) is 24.1 Å². The molecular weight excluding hydrogens is 428 g/mol. The molecule has 156 valence electrons. The summed E-state index contributed by atoms with van der Waals surface area (Å²) in [6.07, 6.45) is 6.61. The number of aromatic nitrogens is 2. The van der Waals surface area contributed by atoms with Crippen LogP contribution in [0.5, 0.6) is 0 Å². The fraction of sp³-hybridized carbons (Fsp3) is 0.522. The molecule has 29 heavy (non-hydrogen) atoms. The van der Waals surface area contributed by atoms with Gasteiger partial charge in [-0.15, -0.1) is 0 Å². The minimum atomic E-state index is -0.0996. The van der Waals surface area contributed by atoms with Crippen LogP contribution in [0.25, 0.3) is 0 Å².